The van der Waals surface area contributed by atoms with Gasteiger partial charge in [-0.2, -0.15) is 0 Å². The van der Waals surface area contributed by atoms with Crippen molar-refractivity contribution < 1.29 is 14.3 Å². The quantitative estimate of drug-likeness (QED) is 0.661. The Labute approximate surface area is 140 Å². The molecule has 23 heavy (non-hydrogen) atoms. The third kappa shape index (κ3) is 3.39. The van der Waals surface area contributed by atoms with E-state index in [-0.39, 0.29) is 11.2 Å². The number of ketones is 1. The number of Topliss-reactive ketones (excluding diaryl/α,β-unsaturated/α-hetero) is 1. The second-order valence-electron chi connectivity index (χ2n) is 6.64. The van der Waals surface area contributed by atoms with Gasteiger partial charge >= 0.3 is 0 Å². The third-order valence-corrected chi connectivity index (χ3v) is 5.25. The number of rotatable bonds is 8. The SMILES string of the molecule is CCCCC1(CCCC)CCc2c(OC)ccc(OC)c2C1=O. The van der Waals surface area contributed by atoms with Crippen LogP contribution in [0.3, 0.4) is 0 Å². The molecule has 0 N–H and O–H groups in total. The van der Waals surface area contributed by atoms with E-state index in [1.807, 2.05) is 12.1 Å². The number of unbranched alkanes of at least 4 members (excludes halogenated alkanes) is 2. The van der Waals surface area contributed by atoms with Crippen LogP contribution in [0.4, 0.5) is 0 Å². The van der Waals surface area contributed by atoms with Gasteiger partial charge in [-0.25, -0.2) is 0 Å². The van der Waals surface area contributed by atoms with Gasteiger partial charge in [0.1, 0.15) is 11.5 Å². The van der Waals surface area contributed by atoms with Crippen LogP contribution in [0, 0.1) is 5.41 Å². The van der Waals surface area contributed by atoms with Crippen LogP contribution >= 0.6 is 0 Å². The van der Waals surface area contributed by atoms with Gasteiger partial charge in [-0.15, -0.1) is 0 Å². The van der Waals surface area contributed by atoms with Crippen molar-refractivity contribution in [1.82, 2.24) is 0 Å². The van der Waals surface area contributed by atoms with E-state index in [1.165, 1.54) is 0 Å². The van der Waals surface area contributed by atoms with E-state index in [0.717, 1.165) is 68.2 Å². The van der Waals surface area contributed by atoms with E-state index in [0.29, 0.717) is 5.75 Å². The molecule has 0 bridgehead atoms. The summed E-state index contributed by atoms with van der Waals surface area (Å²) >= 11 is 0. The smallest absolute Gasteiger partial charge is 0.173 e. The highest BCUT2D eigenvalue weighted by molar-refractivity contribution is 6.05. The molecular formula is C20H30O3. The first-order valence-electron chi connectivity index (χ1n) is 8.92. The lowest BCUT2D eigenvalue weighted by molar-refractivity contribution is 0.0702. The first kappa shape index (κ1) is 17.8. The standard InChI is InChI=1S/C20H30O3/c1-5-7-12-20(13-8-6-2)14-11-15-16(22-3)9-10-17(23-4)18(15)19(20)21/h9-10H,5-8,11-14H2,1-4H3. The number of hydrogen-bond acceptors (Lipinski definition) is 3. The fourth-order valence-electron chi connectivity index (χ4n) is 3.84. The van der Waals surface area contributed by atoms with Crippen LogP contribution in [0.2, 0.25) is 0 Å². The Balaban J connectivity index is 2.47. The van der Waals surface area contributed by atoms with Gasteiger partial charge in [0.2, 0.25) is 0 Å². The largest absolute Gasteiger partial charge is 0.496 e. The lowest BCUT2D eigenvalue weighted by atomic mass is 9.65. The highest BCUT2D eigenvalue weighted by Crippen LogP contribution is 2.47. The predicted molar refractivity (Wildman–Crippen MR) is 93.7 cm³/mol. The molecule has 0 fully saturated rings. The minimum absolute atomic E-state index is 0.210. The summed E-state index contributed by atoms with van der Waals surface area (Å²) in [5.74, 6) is 1.79. The Morgan fingerprint density at radius 3 is 2.09 bits per heavy atom. The first-order valence-corrected chi connectivity index (χ1v) is 8.92. The molecular weight excluding hydrogens is 288 g/mol. The van der Waals surface area contributed by atoms with Gasteiger partial charge in [-0.1, -0.05) is 39.5 Å². The monoisotopic (exact) mass is 318 g/mol. The predicted octanol–water partition coefficient (Wildman–Crippen LogP) is 5.20. The number of methoxy groups -OCH3 is 2. The molecule has 0 amide bonds. The van der Waals surface area contributed by atoms with E-state index in [9.17, 15) is 4.79 Å². The van der Waals surface area contributed by atoms with Crippen molar-refractivity contribution in [3.05, 3.63) is 23.3 Å². The van der Waals surface area contributed by atoms with Crippen molar-refractivity contribution in [1.29, 1.82) is 0 Å². The maximum absolute atomic E-state index is 13.5. The molecule has 0 aromatic heterocycles. The maximum atomic E-state index is 13.5. The lowest BCUT2D eigenvalue weighted by Gasteiger charge is -2.38. The fourth-order valence-corrected chi connectivity index (χ4v) is 3.84. The van der Waals surface area contributed by atoms with Crippen LogP contribution in [-0.4, -0.2) is 20.0 Å². The topological polar surface area (TPSA) is 35.5 Å². The molecule has 0 aliphatic heterocycles. The fraction of sp³-hybridized carbons (Fsp3) is 0.650. The molecule has 2 rings (SSSR count). The molecule has 1 aliphatic carbocycles. The molecule has 0 saturated carbocycles. The molecule has 0 atom stereocenters. The molecule has 0 saturated heterocycles. The number of ether oxygens (including phenoxy) is 2. The number of carbonyl (C=O) groups is 1. The van der Waals surface area contributed by atoms with Gasteiger partial charge in [0.05, 0.1) is 19.8 Å². The Morgan fingerprint density at radius 1 is 1.00 bits per heavy atom. The molecule has 1 aliphatic rings. The van der Waals surface area contributed by atoms with E-state index in [4.69, 9.17) is 9.47 Å². The summed E-state index contributed by atoms with van der Waals surface area (Å²) in [6.45, 7) is 4.39. The number of benzene rings is 1. The zero-order valence-electron chi connectivity index (χ0n) is 15.0. The molecule has 128 valence electrons. The number of fused-ring (bicyclic) bond motifs is 1. The van der Waals surface area contributed by atoms with Crippen molar-refractivity contribution in [3.63, 3.8) is 0 Å². The van der Waals surface area contributed by atoms with Crippen LogP contribution in [-0.2, 0) is 6.42 Å². The maximum Gasteiger partial charge on any atom is 0.173 e. The van der Waals surface area contributed by atoms with Crippen molar-refractivity contribution in [3.8, 4) is 11.5 Å². The van der Waals surface area contributed by atoms with Crippen LogP contribution in [0.5, 0.6) is 11.5 Å². The summed E-state index contributed by atoms with van der Waals surface area (Å²) in [4.78, 5) is 13.5. The minimum atomic E-state index is -0.210. The molecule has 3 heteroatoms. The van der Waals surface area contributed by atoms with Gasteiger partial charge in [0.15, 0.2) is 5.78 Å². The molecule has 0 radical (unpaired) electrons. The molecule has 0 unspecified atom stereocenters. The van der Waals surface area contributed by atoms with E-state index >= 15 is 0 Å². The van der Waals surface area contributed by atoms with Crippen molar-refractivity contribution in [2.24, 2.45) is 5.41 Å². The summed E-state index contributed by atoms with van der Waals surface area (Å²) in [5, 5.41) is 0. The van der Waals surface area contributed by atoms with Crippen LogP contribution in [0.1, 0.15) is 74.7 Å². The molecule has 0 spiro atoms. The van der Waals surface area contributed by atoms with E-state index < -0.39 is 0 Å². The number of carbonyl (C=O) groups excluding carboxylic acids is 1. The Morgan fingerprint density at radius 2 is 1.57 bits per heavy atom. The van der Waals surface area contributed by atoms with Crippen molar-refractivity contribution in [2.45, 2.75) is 65.2 Å². The van der Waals surface area contributed by atoms with Gasteiger partial charge < -0.3 is 9.47 Å². The van der Waals surface area contributed by atoms with Crippen LogP contribution in [0.15, 0.2) is 12.1 Å². The van der Waals surface area contributed by atoms with Crippen molar-refractivity contribution in [2.75, 3.05) is 14.2 Å². The highest BCUT2D eigenvalue weighted by atomic mass is 16.5. The average Bonchev–Trinajstić information content (AvgIpc) is 2.59. The second-order valence-corrected chi connectivity index (χ2v) is 6.64. The lowest BCUT2D eigenvalue weighted by Crippen LogP contribution is -2.36. The van der Waals surface area contributed by atoms with E-state index in [1.54, 1.807) is 14.2 Å². The zero-order chi connectivity index (χ0) is 16.9. The minimum Gasteiger partial charge on any atom is -0.496 e. The first-order chi connectivity index (χ1) is 11.1. The van der Waals surface area contributed by atoms with Crippen LogP contribution in [0.25, 0.3) is 0 Å². The van der Waals surface area contributed by atoms with Gasteiger partial charge in [-0.3, -0.25) is 4.79 Å². The summed E-state index contributed by atoms with van der Waals surface area (Å²) in [6, 6.07) is 3.78. The third-order valence-electron chi connectivity index (χ3n) is 5.25. The average molecular weight is 318 g/mol. The summed E-state index contributed by atoms with van der Waals surface area (Å²) in [6.07, 6.45) is 8.28. The normalized spacial score (nSPS) is 16.1. The van der Waals surface area contributed by atoms with Gasteiger partial charge in [0, 0.05) is 11.0 Å². The summed E-state index contributed by atoms with van der Waals surface area (Å²) in [5.41, 5.74) is 1.59. The summed E-state index contributed by atoms with van der Waals surface area (Å²) < 4.78 is 11.0. The summed E-state index contributed by atoms with van der Waals surface area (Å²) in [7, 11) is 3.31. The molecule has 0 heterocycles. The Hall–Kier alpha value is -1.51. The van der Waals surface area contributed by atoms with Crippen LogP contribution < -0.4 is 9.47 Å². The van der Waals surface area contributed by atoms with Gasteiger partial charge in [-0.05, 0) is 37.8 Å². The Bertz CT molecular complexity index is 540. The van der Waals surface area contributed by atoms with E-state index in [2.05, 4.69) is 13.8 Å². The van der Waals surface area contributed by atoms with Gasteiger partial charge in [0.25, 0.3) is 0 Å². The second kappa shape index (κ2) is 7.85. The number of hydrogen-bond donors (Lipinski definition) is 0. The molecule has 1 aromatic rings. The zero-order valence-corrected chi connectivity index (χ0v) is 15.0. The molecule has 3 nitrogen and oxygen atoms in total. The molecule has 1 aromatic carbocycles. The Kier molecular flexibility index (Phi) is 6.09. The highest BCUT2D eigenvalue weighted by Gasteiger charge is 2.43. The van der Waals surface area contributed by atoms with Crippen molar-refractivity contribution >= 4 is 5.78 Å².